The van der Waals surface area contributed by atoms with Crippen LogP contribution in [0.5, 0.6) is 11.5 Å². The van der Waals surface area contributed by atoms with Crippen LogP contribution in [0.4, 0.5) is 0 Å². The van der Waals surface area contributed by atoms with Crippen LogP contribution in [0.3, 0.4) is 0 Å². The molecule has 2 aromatic rings. The predicted octanol–water partition coefficient (Wildman–Crippen LogP) is 2.17. The molecule has 0 atom stereocenters. The summed E-state index contributed by atoms with van der Waals surface area (Å²) in [6, 6.07) is 11.8. The predicted molar refractivity (Wildman–Crippen MR) is 74.3 cm³/mol. The van der Waals surface area contributed by atoms with E-state index in [0.717, 1.165) is 23.6 Å². The van der Waals surface area contributed by atoms with Crippen molar-refractivity contribution in [1.29, 1.82) is 0 Å². The van der Waals surface area contributed by atoms with Crippen molar-refractivity contribution in [1.82, 2.24) is 4.98 Å². The summed E-state index contributed by atoms with van der Waals surface area (Å²) in [5.41, 5.74) is 7.56. The number of ether oxygens (including phenoxy) is 2. The molecule has 2 N–H and O–H groups in total. The standard InChI is InChI=1S/C15H18N2O2/c1-18-14-5-2-12(3-6-14)8-9-19-15-7-4-13(10-16)17-11-15/h2-7,11H,8-10,16H2,1H3. The second kappa shape index (κ2) is 6.75. The smallest absolute Gasteiger partial charge is 0.137 e. The van der Waals surface area contributed by atoms with E-state index in [0.29, 0.717) is 13.2 Å². The Morgan fingerprint density at radius 2 is 1.79 bits per heavy atom. The largest absolute Gasteiger partial charge is 0.497 e. The molecule has 19 heavy (non-hydrogen) atoms. The number of pyridine rings is 1. The average molecular weight is 258 g/mol. The first-order valence-electron chi connectivity index (χ1n) is 6.22. The van der Waals surface area contributed by atoms with Crippen molar-refractivity contribution >= 4 is 0 Å². The highest BCUT2D eigenvalue weighted by atomic mass is 16.5. The molecule has 0 aliphatic carbocycles. The van der Waals surface area contributed by atoms with E-state index in [2.05, 4.69) is 4.98 Å². The number of methoxy groups -OCH3 is 1. The van der Waals surface area contributed by atoms with Crippen LogP contribution in [-0.2, 0) is 13.0 Å². The molecule has 2 rings (SSSR count). The molecule has 0 spiro atoms. The topological polar surface area (TPSA) is 57.4 Å². The van der Waals surface area contributed by atoms with Crippen LogP contribution in [0.25, 0.3) is 0 Å². The molecule has 0 aliphatic rings. The fraction of sp³-hybridized carbons (Fsp3) is 0.267. The lowest BCUT2D eigenvalue weighted by molar-refractivity contribution is 0.320. The molecule has 4 nitrogen and oxygen atoms in total. The summed E-state index contributed by atoms with van der Waals surface area (Å²) in [4.78, 5) is 4.18. The third-order valence-corrected chi connectivity index (χ3v) is 2.83. The average Bonchev–Trinajstić information content (AvgIpc) is 2.49. The van der Waals surface area contributed by atoms with Gasteiger partial charge < -0.3 is 15.2 Å². The highest BCUT2D eigenvalue weighted by Crippen LogP contribution is 2.13. The van der Waals surface area contributed by atoms with Crippen molar-refractivity contribution in [3.8, 4) is 11.5 Å². The first-order chi connectivity index (χ1) is 9.31. The molecule has 0 radical (unpaired) electrons. The van der Waals surface area contributed by atoms with Crippen molar-refractivity contribution < 1.29 is 9.47 Å². The molecule has 100 valence electrons. The summed E-state index contributed by atoms with van der Waals surface area (Å²) in [6.45, 7) is 1.07. The van der Waals surface area contributed by atoms with Crippen molar-refractivity contribution in [2.24, 2.45) is 5.73 Å². The highest BCUT2D eigenvalue weighted by Gasteiger charge is 1.98. The van der Waals surface area contributed by atoms with E-state index in [4.69, 9.17) is 15.2 Å². The van der Waals surface area contributed by atoms with Gasteiger partial charge in [0, 0.05) is 13.0 Å². The Kier molecular flexibility index (Phi) is 4.75. The third kappa shape index (κ3) is 3.96. The Hall–Kier alpha value is -2.07. The van der Waals surface area contributed by atoms with Gasteiger partial charge in [0.05, 0.1) is 25.6 Å². The van der Waals surface area contributed by atoms with E-state index in [1.807, 2.05) is 36.4 Å². The number of rotatable bonds is 6. The van der Waals surface area contributed by atoms with Gasteiger partial charge >= 0.3 is 0 Å². The fourth-order valence-electron chi connectivity index (χ4n) is 1.70. The van der Waals surface area contributed by atoms with Gasteiger partial charge in [0.25, 0.3) is 0 Å². The van der Waals surface area contributed by atoms with E-state index in [1.54, 1.807) is 13.3 Å². The van der Waals surface area contributed by atoms with Crippen LogP contribution < -0.4 is 15.2 Å². The second-order valence-corrected chi connectivity index (χ2v) is 4.14. The van der Waals surface area contributed by atoms with Gasteiger partial charge in [-0.3, -0.25) is 4.98 Å². The van der Waals surface area contributed by atoms with Gasteiger partial charge in [-0.15, -0.1) is 0 Å². The number of nitrogens with zero attached hydrogens (tertiary/aromatic N) is 1. The minimum absolute atomic E-state index is 0.451. The fourth-order valence-corrected chi connectivity index (χ4v) is 1.70. The first kappa shape index (κ1) is 13.4. The number of benzene rings is 1. The van der Waals surface area contributed by atoms with Gasteiger partial charge in [0.15, 0.2) is 0 Å². The monoisotopic (exact) mass is 258 g/mol. The van der Waals surface area contributed by atoms with E-state index >= 15 is 0 Å². The lowest BCUT2D eigenvalue weighted by atomic mass is 10.1. The van der Waals surface area contributed by atoms with Crippen LogP contribution in [0.1, 0.15) is 11.3 Å². The van der Waals surface area contributed by atoms with Gasteiger partial charge in [0.2, 0.25) is 0 Å². The number of aromatic nitrogens is 1. The number of hydrogen-bond donors (Lipinski definition) is 1. The molecule has 0 unspecified atom stereocenters. The number of nitrogens with two attached hydrogens (primary N) is 1. The quantitative estimate of drug-likeness (QED) is 0.862. The molecule has 0 fully saturated rings. The van der Waals surface area contributed by atoms with E-state index in [1.165, 1.54) is 5.56 Å². The molecule has 0 amide bonds. The Bertz CT molecular complexity index is 447. The normalized spacial score (nSPS) is 10.2. The maximum absolute atomic E-state index is 5.63. The van der Waals surface area contributed by atoms with E-state index < -0.39 is 0 Å². The van der Waals surface area contributed by atoms with Gasteiger partial charge in [0.1, 0.15) is 11.5 Å². The lowest BCUT2D eigenvalue weighted by Gasteiger charge is -2.07. The van der Waals surface area contributed by atoms with Crippen molar-refractivity contribution in [2.75, 3.05) is 13.7 Å². The van der Waals surface area contributed by atoms with Gasteiger partial charge in [-0.05, 0) is 29.8 Å². The van der Waals surface area contributed by atoms with Crippen molar-refractivity contribution in [2.45, 2.75) is 13.0 Å². The van der Waals surface area contributed by atoms with Gasteiger partial charge in [-0.25, -0.2) is 0 Å². The van der Waals surface area contributed by atoms with Crippen LogP contribution >= 0.6 is 0 Å². The zero-order valence-electron chi connectivity index (χ0n) is 11.0. The highest BCUT2D eigenvalue weighted by molar-refractivity contribution is 5.27. The molecular formula is C15H18N2O2. The van der Waals surface area contributed by atoms with E-state index in [-0.39, 0.29) is 0 Å². The van der Waals surface area contributed by atoms with Crippen LogP contribution in [0.2, 0.25) is 0 Å². The molecule has 0 saturated heterocycles. The first-order valence-corrected chi connectivity index (χ1v) is 6.22. The maximum Gasteiger partial charge on any atom is 0.137 e. The van der Waals surface area contributed by atoms with E-state index in [9.17, 15) is 0 Å². The number of hydrogen-bond acceptors (Lipinski definition) is 4. The van der Waals surface area contributed by atoms with Crippen LogP contribution in [-0.4, -0.2) is 18.7 Å². The molecule has 0 saturated carbocycles. The Morgan fingerprint density at radius 1 is 1.05 bits per heavy atom. The summed E-state index contributed by atoms with van der Waals surface area (Å²) >= 11 is 0. The molecule has 4 heteroatoms. The summed E-state index contributed by atoms with van der Waals surface area (Å²) in [5.74, 6) is 1.64. The minimum Gasteiger partial charge on any atom is -0.497 e. The molecule has 1 aromatic carbocycles. The van der Waals surface area contributed by atoms with Gasteiger partial charge in [-0.1, -0.05) is 12.1 Å². The van der Waals surface area contributed by atoms with Crippen molar-refractivity contribution in [3.63, 3.8) is 0 Å². The molecule has 0 bridgehead atoms. The summed E-state index contributed by atoms with van der Waals surface area (Å²) in [6.07, 6.45) is 2.55. The summed E-state index contributed by atoms with van der Waals surface area (Å²) < 4.78 is 10.7. The summed E-state index contributed by atoms with van der Waals surface area (Å²) in [7, 11) is 1.66. The molecule has 1 aromatic heterocycles. The molecular weight excluding hydrogens is 240 g/mol. The van der Waals surface area contributed by atoms with Gasteiger partial charge in [-0.2, -0.15) is 0 Å². The lowest BCUT2D eigenvalue weighted by Crippen LogP contribution is -2.03. The minimum atomic E-state index is 0.451. The zero-order chi connectivity index (χ0) is 13.5. The molecule has 0 aliphatic heterocycles. The summed E-state index contributed by atoms with van der Waals surface area (Å²) in [5, 5.41) is 0. The Balaban J connectivity index is 1.81. The SMILES string of the molecule is COc1ccc(CCOc2ccc(CN)nc2)cc1. The molecule has 1 heterocycles. The zero-order valence-corrected chi connectivity index (χ0v) is 11.0. The van der Waals surface area contributed by atoms with Crippen molar-refractivity contribution in [3.05, 3.63) is 53.9 Å². The Labute approximate surface area is 113 Å². The van der Waals surface area contributed by atoms with Crippen LogP contribution in [0.15, 0.2) is 42.6 Å². The third-order valence-electron chi connectivity index (χ3n) is 2.83. The Morgan fingerprint density at radius 3 is 2.37 bits per heavy atom. The maximum atomic E-state index is 5.63. The van der Waals surface area contributed by atoms with Crippen LogP contribution in [0, 0.1) is 0 Å². The second-order valence-electron chi connectivity index (χ2n) is 4.14.